The smallest absolute Gasteiger partial charge is 0.243 e. The molecule has 7 heteroatoms. The molecule has 0 radical (unpaired) electrons. The van der Waals surface area contributed by atoms with Gasteiger partial charge < -0.3 is 4.57 Å². The Morgan fingerprint density at radius 2 is 1.76 bits per heavy atom. The molecule has 2 aromatic rings. The zero-order chi connectivity index (χ0) is 18.0. The number of imidazole rings is 1. The van der Waals surface area contributed by atoms with E-state index in [2.05, 4.69) is 14.5 Å². The predicted octanol–water partition coefficient (Wildman–Crippen LogP) is 1.81. The Morgan fingerprint density at radius 1 is 1.04 bits per heavy atom. The fourth-order valence-corrected chi connectivity index (χ4v) is 4.94. The van der Waals surface area contributed by atoms with Crippen LogP contribution in [0, 0.1) is 20.8 Å². The molecule has 1 aromatic heterocycles. The molecule has 3 rings (SSSR count). The number of nitrogens with zero attached hydrogens (tertiary/aromatic N) is 4. The molecular formula is C18H26N4O2S. The topological polar surface area (TPSA) is 58.4 Å². The zero-order valence-electron chi connectivity index (χ0n) is 15.1. The van der Waals surface area contributed by atoms with Gasteiger partial charge in [-0.15, -0.1) is 0 Å². The highest BCUT2D eigenvalue weighted by molar-refractivity contribution is 7.89. The number of hydrogen-bond donors (Lipinski definition) is 0. The summed E-state index contributed by atoms with van der Waals surface area (Å²) in [7, 11) is -3.41. The second-order valence-electron chi connectivity index (χ2n) is 6.68. The molecule has 0 bridgehead atoms. The van der Waals surface area contributed by atoms with E-state index >= 15 is 0 Å². The average molecular weight is 362 g/mol. The summed E-state index contributed by atoms with van der Waals surface area (Å²) >= 11 is 0. The Morgan fingerprint density at radius 3 is 2.40 bits per heavy atom. The standard InChI is InChI=1S/C18H26N4O2S/c1-15-4-5-16(2)18(14-15)25(23,24)22-12-9-20(10-13-22)8-11-21-7-6-19-17(21)3/h4-7,14H,8-13H2,1-3H3. The van der Waals surface area contributed by atoms with Gasteiger partial charge in [0.05, 0.1) is 4.90 Å². The summed E-state index contributed by atoms with van der Waals surface area (Å²) in [5.41, 5.74) is 1.78. The summed E-state index contributed by atoms with van der Waals surface area (Å²) in [5.74, 6) is 1.01. The van der Waals surface area contributed by atoms with Crippen LogP contribution >= 0.6 is 0 Å². The summed E-state index contributed by atoms with van der Waals surface area (Å²) in [6, 6.07) is 5.61. The van der Waals surface area contributed by atoms with Gasteiger partial charge in [-0.1, -0.05) is 12.1 Å². The molecule has 1 saturated heterocycles. The molecular weight excluding hydrogens is 336 g/mol. The lowest BCUT2D eigenvalue weighted by molar-refractivity contribution is 0.182. The first-order chi connectivity index (χ1) is 11.9. The number of benzene rings is 1. The van der Waals surface area contributed by atoms with E-state index in [9.17, 15) is 8.42 Å². The number of rotatable bonds is 5. The Kier molecular flexibility index (Phi) is 5.27. The maximum Gasteiger partial charge on any atom is 0.243 e. The van der Waals surface area contributed by atoms with Gasteiger partial charge in [-0.05, 0) is 38.0 Å². The van der Waals surface area contributed by atoms with E-state index in [0.717, 1.165) is 43.1 Å². The first-order valence-corrected chi connectivity index (χ1v) is 10.1. The molecule has 1 fully saturated rings. The molecule has 0 unspecified atom stereocenters. The minimum atomic E-state index is -3.41. The predicted molar refractivity (Wildman–Crippen MR) is 98.1 cm³/mol. The van der Waals surface area contributed by atoms with E-state index in [1.54, 1.807) is 10.4 Å². The monoisotopic (exact) mass is 362 g/mol. The quantitative estimate of drug-likeness (QED) is 0.814. The van der Waals surface area contributed by atoms with Crippen molar-refractivity contribution in [1.82, 2.24) is 18.8 Å². The second kappa shape index (κ2) is 7.27. The van der Waals surface area contributed by atoms with E-state index in [1.807, 2.05) is 45.3 Å². The number of hydrogen-bond acceptors (Lipinski definition) is 4. The maximum atomic E-state index is 13.0. The van der Waals surface area contributed by atoms with Crippen LogP contribution in [0.25, 0.3) is 0 Å². The second-order valence-corrected chi connectivity index (χ2v) is 8.59. The summed E-state index contributed by atoms with van der Waals surface area (Å²) < 4.78 is 29.6. The van der Waals surface area contributed by atoms with Crippen molar-refractivity contribution in [2.45, 2.75) is 32.2 Å². The van der Waals surface area contributed by atoms with Gasteiger partial charge in [-0.25, -0.2) is 13.4 Å². The van der Waals surface area contributed by atoms with Crippen LogP contribution in [0.15, 0.2) is 35.5 Å². The highest BCUT2D eigenvalue weighted by atomic mass is 32.2. The third-order valence-electron chi connectivity index (χ3n) is 4.87. The molecule has 1 aliphatic rings. The fraction of sp³-hybridized carbons (Fsp3) is 0.500. The van der Waals surface area contributed by atoms with Gasteiger partial charge in [0.15, 0.2) is 0 Å². The Balaban J connectivity index is 1.61. The minimum absolute atomic E-state index is 0.440. The Labute approximate surface area is 150 Å². The molecule has 0 aliphatic carbocycles. The van der Waals surface area contributed by atoms with Gasteiger partial charge in [-0.3, -0.25) is 4.90 Å². The van der Waals surface area contributed by atoms with Crippen LogP contribution in [-0.2, 0) is 16.6 Å². The van der Waals surface area contributed by atoms with Crippen molar-refractivity contribution in [2.75, 3.05) is 32.7 Å². The molecule has 1 aliphatic heterocycles. The largest absolute Gasteiger partial charge is 0.334 e. The lowest BCUT2D eigenvalue weighted by atomic mass is 10.2. The van der Waals surface area contributed by atoms with Crippen LogP contribution in [0.5, 0.6) is 0 Å². The van der Waals surface area contributed by atoms with E-state index in [0.29, 0.717) is 18.0 Å². The zero-order valence-corrected chi connectivity index (χ0v) is 16.0. The van der Waals surface area contributed by atoms with Crippen LogP contribution < -0.4 is 0 Å². The number of sulfonamides is 1. The van der Waals surface area contributed by atoms with Crippen LogP contribution in [-0.4, -0.2) is 59.9 Å². The summed E-state index contributed by atoms with van der Waals surface area (Å²) in [6.07, 6.45) is 3.79. The van der Waals surface area contributed by atoms with Gasteiger partial charge in [0, 0.05) is 51.7 Å². The van der Waals surface area contributed by atoms with Crippen molar-refractivity contribution < 1.29 is 8.42 Å². The van der Waals surface area contributed by atoms with Crippen molar-refractivity contribution >= 4 is 10.0 Å². The van der Waals surface area contributed by atoms with Crippen LogP contribution in [0.3, 0.4) is 0 Å². The highest BCUT2D eigenvalue weighted by Crippen LogP contribution is 2.22. The first kappa shape index (κ1) is 18.1. The van der Waals surface area contributed by atoms with E-state index in [1.165, 1.54) is 0 Å². The van der Waals surface area contributed by atoms with Crippen LogP contribution in [0.1, 0.15) is 17.0 Å². The molecule has 0 saturated carbocycles. The SMILES string of the molecule is Cc1ccc(C)c(S(=O)(=O)N2CCN(CCn3ccnc3C)CC2)c1. The Bertz CT molecular complexity index is 837. The van der Waals surface area contributed by atoms with Crippen molar-refractivity contribution in [3.05, 3.63) is 47.5 Å². The lowest BCUT2D eigenvalue weighted by Gasteiger charge is -2.34. The van der Waals surface area contributed by atoms with Crippen molar-refractivity contribution in [3.63, 3.8) is 0 Å². The first-order valence-electron chi connectivity index (χ1n) is 8.65. The van der Waals surface area contributed by atoms with Gasteiger partial charge in [0.25, 0.3) is 0 Å². The van der Waals surface area contributed by atoms with Crippen LogP contribution in [0.2, 0.25) is 0 Å². The van der Waals surface area contributed by atoms with Crippen molar-refractivity contribution in [3.8, 4) is 0 Å². The lowest BCUT2D eigenvalue weighted by Crippen LogP contribution is -2.49. The van der Waals surface area contributed by atoms with Gasteiger partial charge >= 0.3 is 0 Å². The molecule has 136 valence electrons. The maximum absolute atomic E-state index is 13.0. The van der Waals surface area contributed by atoms with Gasteiger partial charge in [-0.2, -0.15) is 4.31 Å². The average Bonchev–Trinajstić information content (AvgIpc) is 3.00. The molecule has 2 heterocycles. The van der Waals surface area contributed by atoms with Gasteiger partial charge in [0.1, 0.15) is 5.82 Å². The summed E-state index contributed by atoms with van der Waals surface area (Å²) in [5, 5.41) is 0. The molecule has 0 spiro atoms. The molecule has 1 aromatic carbocycles. The highest BCUT2D eigenvalue weighted by Gasteiger charge is 2.29. The van der Waals surface area contributed by atoms with Crippen molar-refractivity contribution in [1.29, 1.82) is 0 Å². The molecule has 0 atom stereocenters. The third kappa shape index (κ3) is 3.94. The Hall–Kier alpha value is -1.70. The number of piperazine rings is 1. The molecule has 0 amide bonds. The molecule has 25 heavy (non-hydrogen) atoms. The van der Waals surface area contributed by atoms with E-state index < -0.39 is 10.0 Å². The minimum Gasteiger partial charge on any atom is -0.334 e. The summed E-state index contributed by atoms with van der Waals surface area (Å²) in [6.45, 7) is 10.2. The molecule has 6 nitrogen and oxygen atoms in total. The van der Waals surface area contributed by atoms with Crippen molar-refractivity contribution in [2.24, 2.45) is 0 Å². The molecule has 0 N–H and O–H groups in total. The fourth-order valence-electron chi connectivity index (χ4n) is 3.21. The van der Waals surface area contributed by atoms with Crippen LogP contribution in [0.4, 0.5) is 0 Å². The van der Waals surface area contributed by atoms with E-state index in [4.69, 9.17) is 0 Å². The third-order valence-corrected chi connectivity index (χ3v) is 6.91. The normalized spacial score (nSPS) is 17.1. The number of aryl methyl sites for hydroxylation is 3. The summed E-state index contributed by atoms with van der Waals surface area (Å²) in [4.78, 5) is 6.98. The number of aromatic nitrogens is 2. The van der Waals surface area contributed by atoms with E-state index in [-0.39, 0.29) is 0 Å². The van der Waals surface area contributed by atoms with Gasteiger partial charge in [0.2, 0.25) is 10.0 Å².